The van der Waals surface area contributed by atoms with Gasteiger partial charge in [-0.15, -0.1) is 0 Å². The summed E-state index contributed by atoms with van der Waals surface area (Å²) in [5.41, 5.74) is 3.62. The molecule has 0 N–H and O–H groups in total. The largest absolute Gasteiger partial charge is 0.339 e. The third-order valence-corrected chi connectivity index (χ3v) is 6.22. The molecular weight excluding hydrogens is 310 g/mol. The van der Waals surface area contributed by atoms with Crippen molar-refractivity contribution in [2.24, 2.45) is 11.8 Å². The Morgan fingerprint density at radius 2 is 1.88 bits per heavy atom. The lowest BCUT2D eigenvalue weighted by atomic mass is 9.78. The van der Waals surface area contributed by atoms with Crippen molar-refractivity contribution in [2.45, 2.75) is 91.6 Å². The Morgan fingerprint density at radius 3 is 2.64 bits per heavy atom. The number of fused-ring (bicyclic) bond motifs is 1. The van der Waals surface area contributed by atoms with Crippen molar-refractivity contribution in [3.63, 3.8) is 0 Å². The molecule has 0 aromatic carbocycles. The first-order valence-corrected chi connectivity index (χ1v) is 10.3. The molecule has 1 amide bonds. The van der Waals surface area contributed by atoms with Gasteiger partial charge in [-0.2, -0.15) is 5.10 Å². The Hall–Kier alpha value is -1.32. The topological polar surface area (TPSA) is 38.1 Å². The van der Waals surface area contributed by atoms with Gasteiger partial charge in [0.1, 0.15) is 0 Å². The highest BCUT2D eigenvalue weighted by Crippen LogP contribution is 2.35. The van der Waals surface area contributed by atoms with E-state index in [-0.39, 0.29) is 0 Å². The summed E-state index contributed by atoms with van der Waals surface area (Å²) in [4.78, 5) is 15.2. The Morgan fingerprint density at radius 1 is 1.16 bits per heavy atom. The van der Waals surface area contributed by atoms with Gasteiger partial charge in [0.05, 0.1) is 5.69 Å². The average molecular weight is 346 g/mol. The van der Waals surface area contributed by atoms with E-state index >= 15 is 0 Å². The predicted molar refractivity (Wildman–Crippen MR) is 102 cm³/mol. The molecule has 2 heterocycles. The molecule has 0 radical (unpaired) electrons. The maximum absolute atomic E-state index is 12.9. The molecule has 1 saturated carbocycles. The lowest BCUT2D eigenvalue weighted by Crippen LogP contribution is -2.49. The summed E-state index contributed by atoms with van der Waals surface area (Å²) in [5, 5.41) is 4.70. The zero-order chi connectivity index (χ0) is 18.0. The van der Waals surface area contributed by atoms with E-state index in [1.807, 2.05) is 0 Å². The third-order valence-electron chi connectivity index (χ3n) is 6.22. The van der Waals surface area contributed by atoms with Gasteiger partial charge in [-0.3, -0.25) is 9.48 Å². The molecule has 2 unspecified atom stereocenters. The molecule has 3 rings (SSSR count). The lowest BCUT2D eigenvalue weighted by molar-refractivity contribution is -0.137. The number of carbonyl (C=O) groups is 1. The fourth-order valence-corrected chi connectivity index (χ4v) is 4.93. The average Bonchev–Trinajstić information content (AvgIpc) is 2.85. The molecule has 1 aliphatic heterocycles. The molecule has 140 valence electrons. The number of aromatic nitrogens is 2. The number of piperidine rings is 1. The van der Waals surface area contributed by atoms with Crippen molar-refractivity contribution in [3.8, 4) is 0 Å². The number of likely N-dealkylation sites (tertiary alicyclic amines) is 1. The summed E-state index contributed by atoms with van der Waals surface area (Å²) in [6.45, 7) is 10.6. The Bertz CT molecular complexity index is 603. The molecule has 4 nitrogen and oxygen atoms in total. The van der Waals surface area contributed by atoms with Crippen LogP contribution in [0.3, 0.4) is 0 Å². The van der Waals surface area contributed by atoms with Gasteiger partial charge in [-0.25, -0.2) is 0 Å². The van der Waals surface area contributed by atoms with Gasteiger partial charge in [-0.1, -0.05) is 26.7 Å². The van der Waals surface area contributed by atoms with Crippen LogP contribution >= 0.6 is 0 Å². The second-order valence-electron chi connectivity index (χ2n) is 8.57. The second kappa shape index (κ2) is 7.92. The minimum Gasteiger partial charge on any atom is -0.339 e. The monoisotopic (exact) mass is 345 g/mol. The molecule has 2 fully saturated rings. The van der Waals surface area contributed by atoms with E-state index in [1.165, 1.54) is 49.8 Å². The molecule has 1 aromatic rings. The highest BCUT2D eigenvalue weighted by Gasteiger charge is 2.35. The van der Waals surface area contributed by atoms with E-state index in [2.05, 4.69) is 37.3 Å². The van der Waals surface area contributed by atoms with E-state index in [1.54, 1.807) is 0 Å². The number of nitrogens with zero attached hydrogens (tertiary/aromatic N) is 3. The molecule has 0 bridgehead atoms. The first-order chi connectivity index (χ1) is 12.0. The molecule has 1 aromatic heterocycles. The van der Waals surface area contributed by atoms with Crippen LogP contribution in [-0.4, -0.2) is 33.2 Å². The second-order valence-corrected chi connectivity index (χ2v) is 8.57. The van der Waals surface area contributed by atoms with Crippen molar-refractivity contribution in [2.75, 3.05) is 6.54 Å². The van der Waals surface area contributed by atoms with Crippen LogP contribution in [0.5, 0.6) is 0 Å². The van der Waals surface area contributed by atoms with Gasteiger partial charge in [-0.05, 0) is 63.4 Å². The number of amides is 1. The van der Waals surface area contributed by atoms with Crippen LogP contribution in [-0.2, 0) is 17.8 Å². The van der Waals surface area contributed by atoms with E-state index in [4.69, 9.17) is 5.10 Å². The summed E-state index contributed by atoms with van der Waals surface area (Å²) in [5.74, 6) is 1.72. The summed E-state index contributed by atoms with van der Waals surface area (Å²) < 4.78 is 2.12. The van der Waals surface area contributed by atoms with Crippen LogP contribution in [0.2, 0.25) is 0 Å². The van der Waals surface area contributed by atoms with Gasteiger partial charge >= 0.3 is 0 Å². The van der Waals surface area contributed by atoms with Crippen LogP contribution in [0.1, 0.15) is 75.7 Å². The molecular formula is C21H35N3O. The minimum atomic E-state index is 0.368. The number of carbonyl (C=O) groups excluding carboxylic acids is 1. The van der Waals surface area contributed by atoms with Crippen LogP contribution < -0.4 is 0 Å². The zero-order valence-corrected chi connectivity index (χ0v) is 16.6. The van der Waals surface area contributed by atoms with Crippen molar-refractivity contribution in [3.05, 3.63) is 17.0 Å². The summed E-state index contributed by atoms with van der Waals surface area (Å²) in [7, 11) is 0. The fraction of sp³-hybridized carbons (Fsp3) is 0.810. The molecule has 4 heteroatoms. The maximum atomic E-state index is 12.9. The molecule has 1 saturated heterocycles. The minimum absolute atomic E-state index is 0.368. The fourth-order valence-electron chi connectivity index (χ4n) is 4.93. The van der Waals surface area contributed by atoms with Crippen molar-refractivity contribution >= 4 is 5.91 Å². The molecule has 2 aliphatic rings. The first-order valence-electron chi connectivity index (χ1n) is 10.3. The quantitative estimate of drug-likeness (QED) is 0.799. The van der Waals surface area contributed by atoms with E-state index < -0.39 is 0 Å². The summed E-state index contributed by atoms with van der Waals surface area (Å²) in [6, 6.07) is 0.529. The Balaban J connectivity index is 1.63. The number of hydrogen-bond acceptors (Lipinski definition) is 2. The zero-order valence-electron chi connectivity index (χ0n) is 16.6. The molecule has 2 atom stereocenters. The predicted octanol–water partition coefficient (Wildman–Crippen LogP) is 4.27. The first kappa shape index (κ1) is 18.5. The SMILES string of the molecule is Cc1nn(CC(C)C)c(C)c1CCC(=O)N1CCCC2CCCCC21. The van der Waals surface area contributed by atoms with Gasteiger partial charge in [0.2, 0.25) is 5.91 Å². The number of aryl methyl sites for hydroxylation is 1. The van der Waals surface area contributed by atoms with Crippen LogP contribution in [0.4, 0.5) is 0 Å². The van der Waals surface area contributed by atoms with Gasteiger partial charge in [0.15, 0.2) is 0 Å². The maximum Gasteiger partial charge on any atom is 0.223 e. The highest BCUT2D eigenvalue weighted by atomic mass is 16.2. The van der Waals surface area contributed by atoms with E-state index in [9.17, 15) is 4.79 Å². The third kappa shape index (κ3) is 4.09. The standard InChI is InChI=1S/C21H35N3O/c1-15(2)14-24-17(4)19(16(3)22-24)11-12-21(25)23-13-7-9-18-8-5-6-10-20(18)23/h15,18,20H,5-14H2,1-4H3. The Labute approximate surface area is 153 Å². The number of hydrogen-bond donors (Lipinski definition) is 0. The van der Waals surface area contributed by atoms with Crippen LogP contribution in [0, 0.1) is 25.7 Å². The van der Waals surface area contributed by atoms with Gasteiger partial charge in [0, 0.05) is 31.2 Å². The number of rotatable bonds is 5. The van der Waals surface area contributed by atoms with Crippen molar-refractivity contribution in [1.82, 2.24) is 14.7 Å². The smallest absolute Gasteiger partial charge is 0.223 e. The molecule has 1 aliphatic carbocycles. The summed E-state index contributed by atoms with van der Waals surface area (Å²) in [6.07, 6.45) is 9.20. The van der Waals surface area contributed by atoms with Gasteiger partial charge in [0.25, 0.3) is 0 Å². The van der Waals surface area contributed by atoms with Crippen LogP contribution in [0.15, 0.2) is 0 Å². The highest BCUT2D eigenvalue weighted by molar-refractivity contribution is 5.77. The normalized spacial score (nSPS) is 23.8. The lowest BCUT2D eigenvalue weighted by Gasteiger charge is -2.44. The van der Waals surface area contributed by atoms with Crippen LogP contribution in [0.25, 0.3) is 0 Å². The molecule has 25 heavy (non-hydrogen) atoms. The Kier molecular flexibility index (Phi) is 5.85. The van der Waals surface area contributed by atoms with E-state index in [0.717, 1.165) is 31.1 Å². The van der Waals surface area contributed by atoms with Crippen molar-refractivity contribution in [1.29, 1.82) is 0 Å². The van der Waals surface area contributed by atoms with Gasteiger partial charge < -0.3 is 4.90 Å². The summed E-state index contributed by atoms with van der Waals surface area (Å²) >= 11 is 0. The van der Waals surface area contributed by atoms with Crippen molar-refractivity contribution < 1.29 is 4.79 Å². The van der Waals surface area contributed by atoms with E-state index in [0.29, 0.717) is 24.3 Å². The molecule has 0 spiro atoms.